The van der Waals surface area contributed by atoms with E-state index in [0.29, 0.717) is 42.1 Å². The van der Waals surface area contributed by atoms with E-state index in [4.69, 9.17) is 9.47 Å². The number of Topliss-reactive ketones (excluding diaryl/α,β-unsaturated/α-hetero) is 1. The van der Waals surface area contributed by atoms with E-state index in [1.54, 1.807) is 24.3 Å². The zero-order chi connectivity index (χ0) is 25.5. The van der Waals surface area contributed by atoms with E-state index >= 15 is 0 Å². The van der Waals surface area contributed by atoms with Gasteiger partial charge in [0, 0.05) is 17.2 Å². The first-order valence-corrected chi connectivity index (χ1v) is 12.1. The van der Waals surface area contributed by atoms with Crippen LogP contribution in [0.1, 0.15) is 36.5 Å². The van der Waals surface area contributed by atoms with Crippen molar-refractivity contribution in [2.45, 2.75) is 26.2 Å². The van der Waals surface area contributed by atoms with Gasteiger partial charge in [-0.25, -0.2) is 4.79 Å². The lowest BCUT2D eigenvalue weighted by molar-refractivity contribution is -0.146. The molecule has 7 heteroatoms. The normalized spacial score (nSPS) is 16.7. The van der Waals surface area contributed by atoms with Gasteiger partial charge in [-0.2, -0.15) is 0 Å². The SMILES string of the molecule is CCOc1ccccc1NC(=O)Nc1ccc(-c2ccc(C(=O)[C@H]3CCC[C@@H]3C(=O)OC)cc2)cc1. The van der Waals surface area contributed by atoms with Crippen LogP contribution in [0, 0.1) is 11.8 Å². The summed E-state index contributed by atoms with van der Waals surface area (Å²) in [6.45, 7) is 2.39. The minimum absolute atomic E-state index is 0.00841. The Hall–Kier alpha value is -4.13. The first kappa shape index (κ1) is 25.0. The summed E-state index contributed by atoms with van der Waals surface area (Å²) in [4.78, 5) is 37.5. The Morgan fingerprint density at radius 3 is 2.14 bits per heavy atom. The highest BCUT2D eigenvalue weighted by molar-refractivity contribution is 6.01. The molecule has 3 aromatic rings. The summed E-state index contributed by atoms with van der Waals surface area (Å²) in [5.41, 5.74) is 3.74. The van der Waals surface area contributed by atoms with Crippen molar-refractivity contribution in [3.8, 4) is 16.9 Å². The molecule has 1 aliphatic carbocycles. The standard InChI is InChI=1S/C29H30N2O5/c1-3-36-26-10-5-4-9-25(26)31-29(34)30-22-17-15-20(16-18-22)19-11-13-21(14-12-19)27(32)23-7-6-8-24(23)28(33)35-2/h4-5,9-18,23-24H,3,6-8H2,1-2H3,(H2,30,31,34)/t23-,24-/m0/s1. The maximum Gasteiger partial charge on any atom is 0.323 e. The average Bonchev–Trinajstić information content (AvgIpc) is 3.40. The molecule has 0 heterocycles. The van der Waals surface area contributed by atoms with E-state index in [0.717, 1.165) is 17.5 Å². The second-order valence-electron chi connectivity index (χ2n) is 8.69. The molecule has 1 aliphatic rings. The second-order valence-corrected chi connectivity index (χ2v) is 8.69. The van der Waals surface area contributed by atoms with Gasteiger partial charge in [-0.15, -0.1) is 0 Å². The van der Waals surface area contributed by atoms with Gasteiger partial charge in [-0.3, -0.25) is 9.59 Å². The average molecular weight is 487 g/mol. The van der Waals surface area contributed by atoms with Crippen LogP contribution in [0.2, 0.25) is 0 Å². The van der Waals surface area contributed by atoms with Crippen LogP contribution in [0.15, 0.2) is 72.8 Å². The summed E-state index contributed by atoms with van der Waals surface area (Å²) in [5.74, 6) is -0.372. The lowest BCUT2D eigenvalue weighted by atomic mass is 9.88. The lowest BCUT2D eigenvalue weighted by Crippen LogP contribution is -2.26. The Balaban J connectivity index is 1.38. The zero-order valence-corrected chi connectivity index (χ0v) is 20.5. The molecule has 2 N–H and O–H groups in total. The number of carbonyl (C=O) groups is 3. The number of nitrogens with one attached hydrogen (secondary N) is 2. The molecule has 0 saturated heterocycles. The first-order valence-electron chi connectivity index (χ1n) is 12.1. The number of hydrogen-bond donors (Lipinski definition) is 2. The van der Waals surface area contributed by atoms with Crippen LogP contribution in [0.5, 0.6) is 5.75 Å². The Morgan fingerprint density at radius 1 is 0.833 bits per heavy atom. The van der Waals surface area contributed by atoms with Crippen molar-refractivity contribution in [3.05, 3.63) is 78.4 Å². The zero-order valence-electron chi connectivity index (χ0n) is 20.5. The van der Waals surface area contributed by atoms with Gasteiger partial charge < -0.3 is 20.1 Å². The number of benzene rings is 3. The maximum absolute atomic E-state index is 13.0. The van der Waals surface area contributed by atoms with Crippen molar-refractivity contribution in [2.75, 3.05) is 24.4 Å². The minimum Gasteiger partial charge on any atom is -0.492 e. The fourth-order valence-corrected chi connectivity index (χ4v) is 4.63. The molecule has 0 aromatic heterocycles. The quantitative estimate of drug-likeness (QED) is 0.293. The molecule has 4 rings (SSSR count). The Bertz CT molecular complexity index is 1220. The van der Waals surface area contributed by atoms with Crippen LogP contribution in [-0.2, 0) is 9.53 Å². The number of rotatable bonds is 8. The van der Waals surface area contributed by atoms with Crippen LogP contribution in [0.25, 0.3) is 11.1 Å². The van der Waals surface area contributed by atoms with E-state index in [-0.39, 0.29) is 29.6 Å². The number of urea groups is 1. The summed E-state index contributed by atoms with van der Waals surface area (Å²) in [5, 5.41) is 5.63. The number of anilines is 2. The second kappa shape index (κ2) is 11.5. The van der Waals surface area contributed by atoms with Crippen molar-refractivity contribution in [2.24, 2.45) is 11.8 Å². The third-order valence-corrected chi connectivity index (χ3v) is 6.44. The van der Waals surface area contributed by atoms with Gasteiger partial charge in [0.1, 0.15) is 5.75 Å². The Kier molecular flexibility index (Phi) is 8.00. The summed E-state index contributed by atoms with van der Waals surface area (Å²) >= 11 is 0. The van der Waals surface area contributed by atoms with Crippen molar-refractivity contribution in [3.63, 3.8) is 0 Å². The van der Waals surface area contributed by atoms with Crippen molar-refractivity contribution >= 4 is 29.2 Å². The number of ether oxygens (including phenoxy) is 2. The summed E-state index contributed by atoms with van der Waals surface area (Å²) in [6, 6.07) is 21.8. The highest BCUT2D eigenvalue weighted by atomic mass is 16.5. The molecule has 0 radical (unpaired) electrons. The molecule has 0 bridgehead atoms. The lowest BCUT2D eigenvalue weighted by Gasteiger charge is -2.16. The van der Waals surface area contributed by atoms with E-state index in [9.17, 15) is 14.4 Å². The topological polar surface area (TPSA) is 93.7 Å². The van der Waals surface area contributed by atoms with Crippen molar-refractivity contribution in [1.82, 2.24) is 0 Å². The molecule has 0 unspecified atom stereocenters. The van der Waals surface area contributed by atoms with E-state index in [1.807, 2.05) is 55.5 Å². The van der Waals surface area contributed by atoms with Crippen LogP contribution in [0.4, 0.5) is 16.2 Å². The van der Waals surface area contributed by atoms with Crippen LogP contribution < -0.4 is 15.4 Å². The number of amides is 2. The number of ketones is 1. The van der Waals surface area contributed by atoms with E-state index in [2.05, 4.69) is 10.6 Å². The van der Waals surface area contributed by atoms with E-state index in [1.165, 1.54) is 7.11 Å². The molecular formula is C29H30N2O5. The van der Waals surface area contributed by atoms with Gasteiger partial charge >= 0.3 is 12.0 Å². The van der Waals surface area contributed by atoms with Crippen LogP contribution in [0.3, 0.4) is 0 Å². The van der Waals surface area contributed by atoms with Crippen LogP contribution in [-0.4, -0.2) is 31.5 Å². The van der Waals surface area contributed by atoms with Crippen molar-refractivity contribution in [1.29, 1.82) is 0 Å². The third-order valence-electron chi connectivity index (χ3n) is 6.44. The molecule has 1 fully saturated rings. The molecule has 2 amide bonds. The summed E-state index contributed by atoms with van der Waals surface area (Å²) in [7, 11) is 1.37. The Labute approximate surface area is 210 Å². The predicted octanol–water partition coefficient (Wildman–Crippen LogP) is 6.17. The molecule has 2 atom stereocenters. The molecule has 3 aromatic carbocycles. The van der Waals surface area contributed by atoms with Gasteiger partial charge in [-0.1, -0.05) is 55.0 Å². The summed E-state index contributed by atoms with van der Waals surface area (Å²) in [6.07, 6.45) is 2.25. The van der Waals surface area contributed by atoms with Gasteiger partial charge in [0.05, 0.1) is 25.3 Å². The highest BCUT2D eigenvalue weighted by Crippen LogP contribution is 2.35. The first-order chi connectivity index (χ1) is 17.5. The molecule has 7 nitrogen and oxygen atoms in total. The van der Waals surface area contributed by atoms with E-state index < -0.39 is 0 Å². The number of hydrogen-bond acceptors (Lipinski definition) is 5. The fraction of sp³-hybridized carbons (Fsp3) is 0.276. The van der Waals surface area contributed by atoms with Gasteiger partial charge in [-0.05, 0) is 55.2 Å². The molecular weight excluding hydrogens is 456 g/mol. The third kappa shape index (κ3) is 5.74. The van der Waals surface area contributed by atoms with Gasteiger partial charge in [0.2, 0.25) is 0 Å². The summed E-state index contributed by atoms with van der Waals surface area (Å²) < 4.78 is 10.4. The fourth-order valence-electron chi connectivity index (χ4n) is 4.63. The van der Waals surface area contributed by atoms with Gasteiger partial charge in [0.25, 0.3) is 0 Å². The molecule has 0 aliphatic heterocycles. The molecule has 0 spiro atoms. The van der Waals surface area contributed by atoms with Crippen molar-refractivity contribution < 1.29 is 23.9 Å². The minimum atomic E-state index is -0.366. The number of methoxy groups -OCH3 is 1. The molecule has 186 valence electrons. The molecule has 36 heavy (non-hydrogen) atoms. The molecule has 1 saturated carbocycles. The maximum atomic E-state index is 13.0. The number of para-hydroxylation sites is 2. The largest absolute Gasteiger partial charge is 0.492 e. The highest BCUT2D eigenvalue weighted by Gasteiger charge is 2.38. The predicted molar refractivity (Wildman–Crippen MR) is 139 cm³/mol. The van der Waals surface area contributed by atoms with Crippen LogP contribution >= 0.6 is 0 Å². The smallest absolute Gasteiger partial charge is 0.323 e. The van der Waals surface area contributed by atoms with Gasteiger partial charge in [0.15, 0.2) is 5.78 Å². The monoisotopic (exact) mass is 486 g/mol. The number of carbonyl (C=O) groups excluding carboxylic acids is 3. The number of esters is 1. The Morgan fingerprint density at radius 2 is 1.47 bits per heavy atom.